The average Bonchev–Trinajstić information content (AvgIpc) is 3.89. The highest BCUT2D eigenvalue weighted by molar-refractivity contribution is 6.19. The standard InChI is InChI=1S/C48H30N2O2/c1-3-14-31(15-4-1)34-27-29-42(46-38-20-9-12-25-45(38)52-48(34)46)50(43-23-13-21-37-36-19-8-11-24-44(36)51-47(37)43)33-26-28-41-39(30-33)35-18-7-10-22-40(35)49(41)32-16-5-2-6-17-32/h1-30H. The zero-order chi connectivity index (χ0) is 34.2. The van der Waals surface area contributed by atoms with Crippen molar-refractivity contribution in [1.29, 1.82) is 0 Å². The molecule has 4 nitrogen and oxygen atoms in total. The molecule has 0 aliphatic rings. The molecule has 0 aliphatic carbocycles. The second kappa shape index (κ2) is 11.2. The maximum Gasteiger partial charge on any atom is 0.159 e. The van der Waals surface area contributed by atoms with Crippen LogP contribution in [0, 0.1) is 0 Å². The van der Waals surface area contributed by atoms with Gasteiger partial charge < -0.3 is 18.3 Å². The zero-order valence-electron chi connectivity index (χ0n) is 28.0. The molecule has 0 radical (unpaired) electrons. The van der Waals surface area contributed by atoms with E-state index < -0.39 is 0 Å². The molecule has 8 aromatic carbocycles. The largest absolute Gasteiger partial charge is 0.455 e. The summed E-state index contributed by atoms with van der Waals surface area (Å²) >= 11 is 0. The Morgan fingerprint density at radius 2 is 1.04 bits per heavy atom. The number of aromatic nitrogens is 1. The van der Waals surface area contributed by atoms with Gasteiger partial charge in [-0.05, 0) is 72.3 Å². The Kier molecular flexibility index (Phi) is 6.22. The Morgan fingerprint density at radius 3 is 1.87 bits per heavy atom. The molecule has 52 heavy (non-hydrogen) atoms. The first kappa shape index (κ1) is 28.8. The van der Waals surface area contributed by atoms with E-state index in [0.717, 1.165) is 83.3 Å². The number of hydrogen-bond donors (Lipinski definition) is 0. The molecule has 4 heteroatoms. The van der Waals surface area contributed by atoms with Gasteiger partial charge in [-0.2, -0.15) is 0 Å². The SMILES string of the molecule is c1ccc(-c2ccc(N(c3ccc4c(c3)c3ccccc3n4-c3ccccc3)c3cccc4c3oc3ccccc34)c3c2oc2ccccc23)cc1. The van der Waals surface area contributed by atoms with E-state index in [0.29, 0.717) is 0 Å². The van der Waals surface area contributed by atoms with Crippen molar-refractivity contribution in [2.45, 2.75) is 0 Å². The molecule has 11 rings (SSSR count). The van der Waals surface area contributed by atoms with E-state index in [1.54, 1.807) is 0 Å². The maximum absolute atomic E-state index is 6.76. The van der Waals surface area contributed by atoms with Crippen molar-refractivity contribution in [3.05, 3.63) is 182 Å². The average molecular weight is 667 g/mol. The van der Waals surface area contributed by atoms with Gasteiger partial charge >= 0.3 is 0 Å². The summed E-state index contributed by atoms with van der Waals surface area (Å²) in [6.45, 7) is 0. The molecule has 0 unspecified atom stereocenters. The third-order valence-corrected chi connectivity index (χ3v) is 10.4. The molecule has 11 aromatic rings. The lowest BCUT2D eigenvalue weighted by atomic mass is 9.99. The molecule has 0 atom stereocenters. The van der Waals surface area contributed by atoms with Crippen LogP contribution in [0.5, 0.6) is 0 Å². The van der Waals surface area contributed by atoms with E-state index in [2.05, 4.69) is 167 Å². The highest BCUT2D eigenvalue weighted by Gasteiger charge is 2.25. The summed E-state index contributed by atoms with van der Waals surface area (Å²) in [7, 11) is 0. The number of nitrogens with zero attached hydrogens (tertiary/aromatic N) is 2. The minimum atomic E-state index is 0.837. The van der Waals surface area contributed by atoms with Crippen molar-refractivity contribution in [2.75, 3.05) is 4.90 Å². The van der Waals surface area contributed by atoms with Crippen LogP contribution in [0.2, 0.25) is 0 Å². The van der Waals surface area contributed by atoms with Gasteiger partial charge in [0.2, 0.25) is 0 Å². The number of benzene rings is 8. The summed E-state index contributed by atoms with van der Waals surface area (Å²) in [6, 6.07) is 64.1. The first-order valence-electron chi connectivity index (χ1n) is 17.6. The third-order valence-electron chi connectivity index (χ3n) is 10.4. The van der Waals surface area contributed by atoms with Crippen LogP contribution in [0.25, 0.3) is 82.5 Å². The van der Waals surface area contributed by atoms with Crippen LogP contribution < -0.4 is 4.90 Å². The Hall–Kier alpha value is -7.04. The van der Waals surface area contributed by atoms with Crippen molar-refractivity contribution >= 4 is 82.7 Å². The summed E-state index contributed by atoms with van der Waals surface area (Å²) in [4.78, 5) is 2.36. The molecule has 0 aliphatic heterocycles. The summed E-state index contributed by atoms with van der Waals surface area (Å²) in [5.41, 5.74) is 12.0. The fourth-order valence-corrected chi connectivity index (χ4v) is 8.11. The van der Waals surface area contributed by atoms with Crippen LogP contribution in [0.4, 0.5) is 17.1 Å². The first-order valence-corrected chi connectivity index (χ1v) is 17.6. The highest BCUT2D eigenvalue weighted by Crippen LogP contribution is 2.49. The van der Waals surface area contributed by atoms with Crippen LogP contribution >= 0.6 is 0 Å². The monoisotopic (exact) mass is 666 g/mol. The van der Waals surface area contributed by atoms with Crippen LogP contribution in [-0.2, 0) is 0 Å². The van der Waals surface area contributed by atoms with E-state index in [1.807, 2.05) is 24.3 Å². The first-order chi connectivity index (χ1) is 25.8. The van der Waals surface area contributed by atoms with Gasteiger partial charge in [0.05, 0.1) is 27.8 Å². The molecular formula is C48H30N2O2. The van der Waals surface area contributed by atoms with Crippen LogP contribution in [0.15, 0.2) is 191 Å². The summed E-state index contributed by atoms with van der Waals surface area (Å²) in [5, 5.41) is 6.66. The van der Waals surface area contributed by atoms with Gasteiger partial charge in [0.25, 0.3) is 0 Å². The molecule has 244 valence electrons. The maximum atomic E-state index is 6.76. The van der Waals surface area contributed by atoms with Crippen molar-refractivity contribution < 1.29 is 8.83 Å². The molecule has 0 amide bonds. The molecule has 0 bridgehead atoms. The van der Waals surface area contributed by atoms with E-state index in [4.69, 9.17) is 8.83 Å². The van der Waals surface area contributed by atoms with E-state index in [-0.39, 0.29) is 0 Å². The third kappa shape index (κ3) is 4.21. The number of fused-ring (bicyclic) bond motifs is 9. The molecule has 3 aromatic heterocycles. The lowest BCUT2D eigenvalue weighted by Gasteiger charge is -2.27. The fourth-order valence-electron chi connectivity index (χ4n) is 8.11. The van der Waals surface area contributed by atoms with Gasteiger partial charge in [-0.3, -0.25) is 0 Å². The molecule has 0 saturated heterocycles. The lowest BCUT2D eigenvalue weighted by molar-refractivity contribution is 0.668. The Morgan fingerprint density at radius 1 is 0.404 bits per heavy atom. The predicted molar refractivity (Wildman–Crippen MR) is 215 cm³/mol. The topological polar surface area (TPSA) is 34.5 Å². The van der Waals surface area contributed by atoms with Crippen molar-refractivity contribution in [2.24, 2.45) is 0 Å². The summed E-state index contributed by atoms with van der Waals surface area (Å²) < 4.78 is 15.9. The Balaban J connectivity index is 1.25. The van der Waals surface area contributed by atoms with E-state index in [9.17, 15) is 0 Å². The molecule has 3 heterocycles. The second-order valence-electron chi connectivity index (χ2n) is 13.3. The van der Waals surface area contributed by atoms with Gasteiger partial charge in [-0.1, -0.05) is 115 Å². The quantitative estimate of drug-likeness (QED) is 0.183. The smallest absolute Gasteiger partial charge is 0.159 e. The fraction of sp³-hybridized carbons (Fsp3) is 0. The van der Waals surface area contributed by atoms with Crippen LogP contribution in [-0.4, -0.2) is 4.57 Å². The number of anilines is 3. The Bertz CT molecular complexity index is 3130. The van der Waals surface area contributed by atoms with Crippen LogP contribution in [0.3, 0.4) is 0 Å². The summed E-state index contributed by atoms with van der Waals surface area (Å²) in [6.07, 6.45) is 0. The number of rotatable bonds is 5. The van der Waals surface area contributed by atoms with Gasteiger partial charge in [-0.25, -0.2) is 0 Å². The lowest BCUT2D eigenvalue weighted by Crippen LogP contribution is -2.11. The van der Waals surface area contributed by atoms with Gasteiger partial charge in [0.1, 0.15) is 16.7 Å². The normalized spacial score (nSPS) is 11.8. The minimum absolute atomic E-state index is 0.837. The van der Waals surface area contributed by atoms with Gasteiger partial charge in [-0.15, -0.1) is 0 Å². The minimum Gasteiger partial charge on any atom is -0.455 e. The summed E-state index contributed by atoms with van der Waals surface area (Å²) in [5.74, 6) is 0. The van der Waals surface area contributed by atoms with Crippen molar-refractivity contribution in [1.82, 2.24) is 4.57 Å². The highest BCUT2D eigenvalue weighted by atomic mass is 16.3. The number of hydrogen-bond acceptors (Lipinski definition) is 3. The van der Waals surface area contributed by atoms with Gasteiger partial charge in [0, 0.05) is 43.9 Å². The van der Waals surface area contributed by atoms with E-state index in [1.165, 1.54) is 16.3 Å². The van der Waals surface area contributed by atoms with Crippen LogP contribution in [0.1, 0.15) is 0 Å². The molecule has 0 spiro atoms. The number of furan rings is 2. The second-order valence-corrected chi connectivity index (χ2v) is 13.3. The predicted octanol–water partition coefficient (Wildman–Crippen LogP) is 13.7. The Labute approximate surface area is 299 Å². The molecular weight excluding hydrogens is 637 g/mol. The van der Waals surface area contributed by atoms with E-state index >= 15 is 0 Å². The zero-order valence-corrected chi connectivity index (χ0v) is 28.0. The van der Waals surface area contributed by atoms with Crippen molar-refractivity contribution in [3.63, 3.8) is 0 Å². The van der Waals surface area contributed by atoms with Gasteiger partial charge in [0.15, 0.2) is 5.58 Å². The molecule has 0 fully saturated rings. The molecule has 0 N–H and O–H groups in total. The number of para-hydroxylation sites is 5. The molecule has 0 saturated carbocycles. The van der Waals surface area contributed by atoms with Crippen molar-refractivity contribution in [3.8, 4) is 16.8 Å².